The van der Waals surface area contributed by atoms with E-state index in [2.05, 4.69) is 10.3 Å². The fourth-order valence-corrected chi connectivity index (χ4v) is 1.54. The lowest BCUT2D eigenvalue weighted by molar-refractivity contribution is -0.117. The van der Waals surface area contributed by atoms with Gasteiger partial charge < -0.3 is 11.1 Å². The van der Waals surface area contributed by atoms with E-state index in [4.69, 9.17) is 5.73 Å². The maximum absolute atomic E-state index is 11.1. The van der Waals surface area contributed by atoms with Gasteiger partial charge in [-0.05, 0) is 13.3 Å². The average molecular weight is 236 g/mol. The molecule has 14 heavy (non-hydrogen) atoms. The Bertz CT molecular complexity index is 301. The van der Waals surface area contributed by atoms with Gasteiger partial charge in [0.1, 0.15) is 0 Å². The van der Waals surface area contributed by atoms with Crippen molar-refractivity contribution < 1.29 is 4.79 Å². The van der Waals surface area contributed by atoms with Crippen LogP contribution in [0.5, 0.6) is 0 Å². The van der Waals surface area contributed by atoms with Gasteiger partial charge in [-0.25, -0.2) is 4.98 Å². The molecule has 6 heteroatoms. The molecule has 80 valence electrons. The zero-order valence-electron chi connectivity index (χ0n) is 8.11. The molecular formula is C8H14ClN3OS. The molecule has 0 saturated carbocycles. The SMILES string of the molecule is CCc1csc(NC(=O)[C@@H](C)N)n1.Cl. The molecule has 1 rings (SSSR count). The second-order valence-electron chi connectivity index (χ2n) is 2.78. The summed E-state index contributed by atoms with van der Waals surface area (Å²) in [5.74, 6) is -0.197. The summed E-state index contributed by atoms with van der Waals surface area (Å²) in [7, 11) is 0. The number of rotatable bonds is 3. The number of nitrogens with two attached hydrogens (primary N) is 1. The Balaban J connectivity index is 0.00000169. The maximum Gasteiger partial charge on any atom is 0.242 e. The number of nitrogens with zero attached hydrogens (tertiary/aromatic N) is 1. The molecule has 0 aliphatic heterocycles. The van der Waals surface area contributed by atoms with Crippen molar-refractivity contribution >= 4 is 34.8 Å². The topological polar surface area (TPSA) is 68.0 Å². The number of thiazole rings is 1. The van der Waals surface area contributed by atoms with Gasteiger partial charge in [-0.1, -0.05) is 6.92 Å². The molecule has 1 atom stereocenters. The van der Waals surface area contributed by atoms with Gasteiger partial charge in [0.05, 0.1) is 11.7 Å². The molecule has 1 aromatic heterocycles. The fraction of sp³-hybridized carbons (Fsp3) is 0.500. The second-order valence-corrected chi connectivity index (χ2v) is 3.63. The van der Waals surface area contributed by atoms with Gasteiger partial charge in [0, 0.05) is 5.38 Å². The molecular weight excluding hydrogens is 222 g/mol. The van der Waals surface area contributed by atoms with E-state index in [-0.39, 0.29) is 18.3 Å². The first-order chi connectivity index (χ1) is 6.13. The highest BCUT2D eigenvalue weighted by atomic mass is 35.5. The molecule has 4 nitrogen and oxygen atoms in total. The Hall–Kier alpha value is -0.650. The lowest BCUT2D eigenvalue weighted by Crippen LogP contribution is -2.32. The Morgan fingerprint density at radius 1 is 1.79 bits per heavy atom. The highest BCUT2D eigenvalue weighted by Crippen LogP contribution is 2.15. The van der Waals surface area contributed by atoms with Crippen LogP contribution in [0.4, 0.5) is 5.13 Å². The number of amides is 1. The third kappa shape index (κ3) is 3.61. The molecule has 0 aliphatic rings. The molecule has 0 aromatic carbocycles. The van der Waals surface area contributed by atoms with Gasteiger partial charge in [-0.3, -0.25) is 4.79 Å². The first-order valence-electron chi connectivity index (χ1n) is 4.14. The van der Waals surface area contributed by atoms with Crippen molar-refractivity contribution in [3.63, 3.8) is 0 Å². The Kier molecular flexibility index (Phi) is 5.68. The maximum atomic E-state index is 11.1. The Morgan fingerprint density at radius 3 is 2.86 bits per heavy atom. The number of halogens is 1. The molecule has 1 amide bonds. The van der Waals surface area contributed by atoms with E-state index in [0.717, 1.165) is 12.1 Å². The number of aryl methyl sites for hydroxylation is 1. The van der Waals surface area contributed by atoms with Gasteiger partial charge in [-0.2, -0.15) is 0 Å². The van der Waals surface area contributed by atoms with Crippen LogP contribution >= 0.6 is 23.7 Å². The molecule has 0 bridgehead atoms. The molecule has 1 heterocycles. The van der Waals surface area contributed by atoms with Crippen LogP contribution in [0.25, 0.3) is 0 Å². The summed E-state index contributed by atoms with van der Waals surface area (Å²) in [4.78, 5) is 15.3. The minimum absolute atomic E-state index is 0. The molecule has 0 fully saturated rings. The quantitative estimate of drug-likeness (QED) is 0.833. The molecule has 0 spiro atoms. The Morgan fingerprint density at radius 2 is 2.43 bits per heavy atom. The van der Waals surface area contributed by atoms with E-state index in [1.165, 1.54) is 11.3 Å². The summed E-state index contributed by atoms with van der Waals surface area (Å²) in [6, 6.07) is -0.492. The van der Waals surface area contributed by atoms with Crippen molar-refractivity contribution in [1.29, 1.82) is 0 Å². The van der Waals surface area contributed by atoms with Crippen LogP contribution < -0.4 is 11.1 Å². The number of aromatic nitrogens is 1. The molecule has 3 N–H and O–H groups in total. The van der Waals surface area contributed by atoms with Crippen molar-refractivity contribution in [2.45, 2.75) is 26.3 Å². The number of hydrogen-bond acceptors (Lipinski definition) is 4. The molecule has 0 unspecified atom stereocenters. The molecule has 0 radical (unpaired) electrons. The van der Waals surface area contributed by atoms with Crippen LogP contribution in [0.1, 0.15) is 19.5 Å². The summed E-state index contributed by atoms with van der Waals surface area (Å²) in [5.41, 5.74) is 6.38. The second kappa shape index (κ2) is 5.95. The largest absolute Gasteiger partial charge is 0.320 e. The summed E-state index contributed by atoms with van der Waals surface area (Å²) < 4.78 is 0. The van der Waals surface area contributed by atoms with E-state index < -0.39 is 6.04 Å². The highest BCUT2D eigenvalue weighted by Gasteiger charge is 2.09. The van der Waals surface area contributed by atoms with E-state index >= 15 is 0 Å². The van der Waals surface area contributed by atoms with Gasteiger partial charge >= 0.3 is 0 Å². The first-order valence-corrected chi connectivity index (χ1v) is 5.02. The van der Waals surface area contributed by atoms with Crippen molar-refractivity contribution in [3.05, 3.63) is 11.1 Å². The number of carbonyl (C=O) groups excluding carboxylic acids is 1. The number of anilines is 1. The van der Waals surface area contributed by atoms with E-state index in [1.54, 1.807) is 6.92 Å². The Labute approximate surface area is 93.3 Å². The van der Waals surface area contributed by atoms with Crippen LogP contribution in [0.3, 0.4) is 0 Å². The summed E-state index contributed by atoms with van der Waals surface area (Å²) in [6.07, 6.45) is 0.880. The smallest absolute Gasteiger partial charge is 0.242 e. The zero-order valence-corrected chi connectivity index (χ0v) is 9.74. The molecule has 0 aliphatic carbocycles. The first kappa shape index (κ1) is 13.4. The zero-order chi connectivity index (χ0) is 9.84. The summed E-state index contributed by atoms with van der Waals surface area (Å²) >= 11 is 1.42. The van der Waals surface area contributed by atoms with Crippen molar-refractivity contribution in [1.82, 2.24) is 4.98 Å². The van der Waals surface area contributed by atoms with Gasteiger partial charge in [-0.15, -0.1) is 23.7 Å². The normalized spacial score (nSPS) is 11.6. The van der Waals surface area contributed by atoms with Gasteiger partial charge in [0.25, 0.3) is 0 Å². The summed E-state index contributed by atoms with van der Waals surface area (Å²) in [5, 5.41) is 5.19. The average Bonchev–Trinajstić information content (AvgIpc) is 2.52. The predicted molar refractivity (Wildman–Crippen MR) is 61.0 cm³/mol. The number of nitrogens with one attached hydrogen (secondary N) is 1. The van der Waals surface area contributed by atoms with Crippen LogP contribution in [0, 0.1) is 0 Å². The van der Waals surface area contributed by atoms with Gasteiger partial charge in [0.15, 0.2) is 5.13 Å². The van der Waals surface area contributed by atoms with Crippen LogP contribution in [-0.2, 0) is 11.2 Å². The van der Waals surface area contributed by atoms with Crippen molar-refractivity contribution in [2.75, 3.05) is 5.32 Å². The number of hydrogen-bond donors (Lipinski definition) is 2. The molecule has 1 aromatic rings. The molecule has 0 saturated heterocycles. The third-order valence-corrected chi connectivity index (χ3v) is 2.36. The third-order valence-electron chi connectivity index (χ3n) is 1.56. The lowest BCUT2D eigenvalue weighted by atomic mass is 10.3. The number of carbonyl (C=O) groups is 1. The standard InChI is InChI=1S/C8H13N3OS.ClH/c1-3-6-4-13-8(10-6)11-7(12)5(2)9;/h4-5H,3,9H2,1-2H3,(H,10,11,12);1H/t5-;/m1./s1. The van der Waals surface area contributed by atoms with E-state index in [1.807, 2.05) is 12.3 Å². The minimum atomic E-state index is -0.492. The monoisotopic (exact) mass is 235 g/mol. The predicted octanol–water partition coefficient (Wildman–Crippen LogP) is 1.41. The van der Waals surface area contributed by atoms with Crippen LogP contribution in [0.2, 0.25) is 0 Å². The van der Waals surface area contributed by atoms with Crippen LogP contribution in [-0.4, -0.2) is 16.9 Å². The van der Waals surface area contributed by atoms with Crippen molar-refractivity contribution in [2.24, 2.45) is 5.73 Å². The van der Waals surface area contributed by atoms with Gasteiger partial charge in [0.2, 0.25) is 5.91 Å². The lowest BCUT2D eigenvalue weighted by Gasteiger charge is -2.03. The fourth-order valence-electron chi connectivity index (χ4n) is 0.746. The van der Waals surface area contributed by atoms with Crippen LogP contribution in [0.15, 0.2) is 5.38 Å². The summed E-state index contributed by atoms with van der Waals surface area (Å²) in [6.45, 7) is 3.66. The van der Waals surface area contributed by atoms with E-state index in [9.17, 15) is 4.79 Å². The van der Waals surface area contributed by atoms with E-state index in [0.29, 0.717) is 5.13 Å². The van der Waals surface area contributed by atoms with Crippen molar-refractivity contribution in [3.8, 4) is 0 Å². The minimum Gasteiger partial charge on any atom is -0.320 e. The highest BCUT2D eigenvalue weighted by molar-refractivity contribution is 7.13.